The number of thiophene rings is 1. The molecule has 7 heteroatoms. The van der Waals surface area contributed by atoms with Gasteiger partial charge in [0.2, 0.25) is 0 Å². The van der Waals surface area contributed by atoms with Crippen LogP contribution in [-0.2, 0) is 0 Å². The third kappa shape index (κ3) is 2.26. The normalized spacial score (nSPS) is 10.8. The molecule has 3 rings (SSSR count). The number of nitrogens with zero attached hydrogens (tertiary/aromatic N) is 1. The Bertz CT molecular complexity index is 779. The number of H-pyrrole nitrogens is 1. The first kappa shape index (κ1) is 13.9. The Labute approximate surface area is 129 Å². The quantitative estimate of drug-likeness (QED) is 0.759. The summed E-state index contributed by atoms with van der Waals surface area (Å²) < 4.78 is 19.5. The summed E-state index contributed by atoms with van der Waals surface area (Å²) in [5.41, 5.74) is 7.17. The number of ether oxygens (including phenoxy) is 1. The number of hydrogen-bond donors (Lipinski definition) is 2. The predicted molar refractivity (Wildman–Crippen MR) is 83.3 cm³/mol. The van der Waals surface area contributed by atoms with Gasteiger partial charge < -0.3 is 10.5 Å². The molecule has 0 radical (unpaired) electrons. The monoisotopic (exact) mass is 323 g/mol. The van der Waals surface area contributed by atoms with Gasteiger partial charge in [0, 0.05) is 5.56 Å². The fourth-order valence-corrected chi connectivity index (χ4v) is 3.27. The van der Waals surface area contributed by atoms with Crippen LogP contribution in [0, 0.1) is 5.82 Å². The molecule has 21 heavy (non-hydrogen) atoms. The van der Waals surface area contributed by atoms with E-state index in [-0.39, 0.29) is 16.4 Å². The van der Waals surface area contributed by atoms with E-state index >= 15 is 0 Å². The average molecular weight is 324 g/mol. The Morgan fingerprint density at radius 1 is 1.33 bits per heavy atom. The van der Waals surface area contributed by atoms with Gasteiger partial charge in [-0.05, 0) is 23.6 Å². The van der Waals surface area contributed by atoms with Crippen LogP contribution in [0.25, 0.3) is 21.7 Å². The van der Waals surface area contributed by atoms with Gasteiger partial charge >= 0.3 is 0 Å². The largest absolute Gasteiger partial charge is 0.495 e. The molecule has 108 valence electrons. The molecule has 3 N–H and O–H groups in total. The third-order valence-electron chi connectivity index (χ3n) is 3.08. The van der Waals surface area contributed by atoms with Crippen molar-refractivity contribution in [3.05, 3.63) is 40.5 Å². The number of aromatic nitrogens is 2. The van der Waals surface area contributed by atoms with Crippen molar-refractivity contribution >= 4 is 28.8 Å². The maximum absolute atomic E-state index is 14.2. The van der Waals surface area contributed by atoms with Crippen LogP contribution in [0.4, 0.5) is 10.2 Å². The van der Waals surface area contributed by atoms with Crippen LogP contribution < -0.4 is 10.5 Å². The van der Waals surface area contributed by atoms with Gasteiger partial charge in [0.05, 0.1) is 28.3 Å². The van der Waals surface area contributed by atoms with Gasteiger partial charge in [-0.25, -0.2) is 4.39 Å². The summed E-state index contributed by atoms with van der Waals surface area (Å²) in [5.74, 6) is 0.400. The van der Waals surface area contributed by atoms with Gasteiger partial charge in [-0.2, -0.15) is 5.10 Å². The second-order valence-corrected chi connectivity index (χ2v) is 5.60. The molecular formula is C14H11ClFN3OS. The minimum Gasteiger partial charge on any atom is -0.495 e. The summed E-state index contributed by atoms with van der Waals surface area (Å²) in [6.45, 7) is 0. The van der Waals surface area contributed by atoms with Gasteiger partial charge in [-0.3, -0.25) is 5.10 Å². The van der Waals surface area contributed by atoms with Gasteiger partial charge in [0.1, 0.15) is 11.6 Å². The van der Waals surface area contributed by atoms with Crippen LogP contribution in [0.2, 0.25) is 5.02 Å². The van der Waals surface area contributed by atoms with E-state index in [1.807, 2.05) is 11.4 Å². The first-order valence-corrected chi connectivity index (χ1v) is 7.29. The molecule has 2 heterocycles. The first-order chi connectivity index (χ1) is 10.1. The first-order valence-electron chi connectivity index (χ1n) is 6.03. The second-order valence-electron chi connectivity index (χ2n) is 4.27. The summed E-state index contributed by atoms with van der Waals surface area (Å²) in [4.78, 5) is 0.788. The number of aromatic amines is 1. The molecule has 0 aliphatic rings. The molecule has 0 atom stereocenters. The Hall–Kier alpha value is -2.05. The molecule has 2 aromatic heterocycles. The van der Waals surface area contributed by atoms with Gasteiger partial charge in [0.15, 0.2) is 5.82 Å². The van der Waals surface area contributed by atoms with Crippen LogP contribution in [0.3, 0.4) is 0 Å². The van der Waals surface area contributed by atoms with E-state index in [9.17, 15) is 4.39 Å². The molecule has 0 aliphatic carbocycles. The van der Waals surface area contributed by atoms with Crippen molar-refractivity contribution < 1.29 is 9.13 Å². The maximum atomic E-state index is 14.2. The zero-order valence-electron chi connectivity index (χ0n) is 11.0. The van der Waals surface area contributed by atoms with Crippen LogP contribution in [0.1, 0.15) is 0 Å². The fourth-order valence-electron chi connectivity index (χ4n) is 2.15. The third-order valence-corrected chi connectivity index (χ3v) is 4.31. The zero-order valence-corrected chi connectivity index (χ0v) is 12.6. The van der Waals surface area contributed by atoms with Crippen molar-refractivity contribution in [2.24, 2.45) is 0 Å². The topological polar surface area (TPSA) is 63.9 Å². The average Bonchev–Trinajstić information content (AvgIpc) is 3.06. The van der Waals surface area contributed by atoms with Crippen molar-refractivity contribution in [2.75, 3.05) is 12.8 Å². The Morgan fingerprint density at radius 3 is 2.86 bits per heavy atom. The summed E-state index contributed by atoms with van der Waals surface area (Å²) in [5, 5.41) is 8.97. The van der Waals surface area contributed by atoms with Crippen LogP contribution in [0.15, 0.2) is 29.6 Å². The number of methoxy groups -OCH3 is 1. The fraction of sp³-hybridized carbons (Fsp3) is 0.0714. The van der Waals surface area contributed by atoms with E-state index in [0.29, 0.717) is 17.0 Å². The highest BCUT2D eigenvalue weighted by Crippen LogP contribution is 2.44. The number of nitrogens with two attached hydrogens (primary N) is 1. The molecule has 0 aliphatic heterocycles. The van der Waals surface area contributed by atoms with E-state index in [1.165, 1.54) is 17.4 Å². The lowest BCUT2D eigenvalue weighted by molar-refractivity contribution is 0.418. The molecule has 0 unspecified atom stereocenters. The lowest BCUT2D eigenvalue weighted by Crippen LogP contribution is -1.92. The van der Waals surface area contributed by atoms with E-state index < -0.39 is 5.82 Å². The molecule has 0 saturated heterocycles. The van der Waals surface area contributed by atoms with Gasteiger partial charge in [-0.1, -0.05) is 17.7 Å². The molecule has 0 saturated carbocycles. The lowest BCUT2D eigenvalue weighted by atomic mass is 10.0. The summed E-state index contributed by atoms with van der Waals surface area (Å²) in [6.07, 6.45) is 0. The van der Waals surface area contributed by atoms with Gasteiger partial charge in [-0.15, -0.1) is 11.3 Å². The summed E-state index contributed by atoms with van der Waals surface area (Å²) in [7, 11) is 1.57. The zero-order chi connectivity index (χ0) is 15.0. The summed E-state index contributed by atoms with van der Waals surface area (Å²) in [6, 6.07) is 6.32. The maximum Gasteiger partial charge on any atom is 0.153 e. The number of rotatable bonds is 3. The number of anilines is 1. The van der Waals surface area contributed by atoms with Crippen molar-refractivity contribution in [3.8, 4) is 27.4 Å². The van der Waals surface area contributed by atoms with Gasteiger partial charge in [0.25, 0.3) is 0 Å². The van der Waals surface area contributed by atoms with Crippen molar-refractivity contribution in [3.63, 3.8) is 0 Å². The highest BCUT2D eigenvalue weighted by atomic mass is 35.5. The highest BCUT2D eigenvalue weighted by Gasteiger charge is 2.23. The van der Waals surface area contributed by atoms with Crippen LogP contribution in [-0.4, -0.2) is 17.3 Å². The van der Waals surface area contributed by atoms with E-state index in [0.717, 1.165) is 4.88 Å². The molecule has 4 nitrogen and oxygen atoms in total. The summed E-state index contributed by atoms with van der Waals surface area (Å²) >= 11 is 7.58. The standard InChI is InChI=1S/C14H11ClFN3OS/c1-20-9-5-6-21-13(9)12-11(14(17)19-18-12)10-7(15)3-2-4-8(10)16/h2-6H,1H3,(H3,17,18,19). The molecule has 0 bridgehead atoms. The SMILES string of the molecule is COc1ccsc1-c1[nH]nc(N)c1-c1c(F)cccc1Cl. The predicted octanol–water partition coefficient (Wildman–Crippen LogP) is 4.19. The van der Waals surface area contributed by atoms with E-state index in [1.54, 1.807) is 19.2 Å². The van der Waals surface area contributed by atoms with Crippen molar-refractivity contribution in [1.29, 1.82) is 0 Å². The van der Waals surface area contributed by atoms with Crippen LogP contribution in [0.5, 0.6) is 5.75 Å². The number of halogens is 2. The molecule has 1 aromatic carbocycles. The van der Waals surface area contributed by atoms with Crippen LogP contribution >= 0.6 is 22.9 Å². The lowest BCUT2D eigenvalue weighted by Gasteiger charge is -2.08. The second kappa shape index (κ2) is 5.38. The van der Waals surface area contributed by atoms with E-state index in [4.69, 9.17) is 22.1 Å². The molecular weight excluding hydrogens is 313 g/mol. The number of benzene rings is 1. The van der Waals surface area contributed by atoms with E-state index in [2.05, 4.69) is 10.2 Å². The smallest absolute Gasteiger partial charge is 0.153 e. The van der Waals surface area contributed by atoms with Crippen molar-refractivity contribution in [2.45, 2.75) is 0 Å². The van der Waals surface area contributed by atoms with Crippen molar-refractivity contribution in [1.82, 2.24) is 10.2 Å². The minimum absolute atomic E-state index is 0.187. The minimum atomic E-state index is -0.452. The number of hydrogen-bond acceptors (Lipinski definition) is 4. The molecule has 3 aromatic rings. The molecule has 0 spiro atoms. The molecule has 0 amide bonds. The Balaban J connectivity index is 2.28. The number of nitrogen functional groups attached to an aromatic ring is 1. The Morgan fingerprint density at radius 2 is 2.14 bits per heavy atom. The Kier molecular flexibility index (Phi) is 3.57. The number of nitrogens with one attached hydrogen (secondary N) is 1. The highest BCUT2D eigenvalue weighted by molar-refractivity contribution is 7.14. The molecule has 0 fully saturated rings.